The van der Waals surface area contributed by atoms with Crippen LogP contribution >= 0.6 is 0 Å². The summed E-state index contributed by atoms with van der Waals surface area (Å²) in [7, 11) is 2.15. The number of aromatic nitrogens is 4. The maximum Gasteiger partial charge on any atom is 0.264 e. The molecule has 3 saturated heterocycles. The first kappa shape index (κ1) is 36.5. The largest absolute Gasteiger partial charge is 0.371 e. The lowest BCUT2D eigenvalue weighted by molar-refractivity contribution is -0.136. The van der Waals surface area contributed by atoms with Gasteiger partial charge in [0, 0.05) is 72.8 Å². The third-order valence-corrected chi connectivity index (χ3v) is 12.1. The first-order chi connectivity index (χ1) is 27.7. The first-order valence-electron chi connectivity index (χ1n) is 19.9. The molecule has 0 saturated carbocycles. The zero-order valence-corrected chi connectivity index (χ0v) is 31.9. The van der Waals surface area contributed by atoms with Crippen molar-refractivity contribution in [1.82, 2.24) is 34.9 Å². The highest BCUT2D eigenvalue weighted by molar-refractivity contribution is 6.25. The molecule has 0 bridgehead atoms. The van der Waals surface area contributed by atoms with Crippen LogP contribution in [0.3, 0.4) is 0 Å². The van der Waals surface area contributed by atoms with E-state index in [1.54, 1.807) is 24.4 Å². The Kier molecular flexibility index (Phi) is 9.65. The predicted molar refractivity (Wildman–Crippen MR) is 214 cm³/mol. The molecule has 7 heterocycles. The lowest BCUT2D eigenvalue weighted by Crippen LogP contribution is -2.54. The molecular formula is C43H45N9O5. The van der Waals surface area contributed by atoms with Crippen molar-refractivity contribution in [1.29, 1.82) is 0 Å². The van der Waals surface area contributed by atoms with E-state index in [2.05, 4.69) is 48.6 Å². The Morgan fingerprint density at radius 2 is 1.74 bits per heavy atom. The first-order valence-corrected chi connectivity index (χ1v) is 19.9. The molecule has 4 aliphatic heterocycles. The fourth-order valence-corrected chi connectivity index (χ4v) is 9.03. The summed E-state index contributed by atoms with van der Waals surface area (Å²) in [6.45, 7) is 3.37. The molecule has 57 heavy (non-hydrogen) atoms. The predicted octanol–water partition coefficient (Wildman–Crippen LogP) is 5.54. The van der Waals surface area contributed by atoms with Gasteiger partial charge in [-0.15, -0.1) is 0 Å². The van der Waals surface area contributed by atoms with Crippen LogP contribution in [0.5, 0.6) is 0 Å². The second-order valence-electron chi connectivity index (χ2n) is 15.8. The SMILES string of the molecule is CN1CCC[C@@H]1c1cc2cnc(NC(=O)c3cccc(-c4cnn(CCCC5CCN(c6cccc7c6C(=O)N(C6CCC(=O)NC6=O)C7=O)CC5)c4)c3)cc2[nH]1. The van der Waals surface area contributed by atoms with Crippen LogP contribution in [0.2, 0.25) is 0 Å². The van der Waals surface area contributed by atoms with Crippen LogP contribution in [-0.2, 0) is 16.1 Å². The summed E-state index contributed by atoms with van der Waals surface area (Å²) in [4.78, 5) is 78.0. The Morgan fingerprint density at radius 3 is 2.54 bits per heavy atom. The number of nitrogens with zero attached hydrogens (tertiary/aromatic N) is 6. The smallest absolute Gasteiger partial charge is 0.264 e. The zero-order valence-electron chi connectivity index (χ0n) is 31.9. The second-order valence-corrected chi connectivity index (χ2v) is 15.8. The van der Waals surface area contributed by atoms with Crippen LogP contribution < -0.4 is 15.5 Å². The summed E-state index contributed by atoms with van der Waals surface area (Å²) in [5.74, 6) is -1.17. The van der Waals surface area contributed by atoms with Gasteiger partial charge in [-0.1, -0.05) is 18.2 Å². The van der Waals surface area contributed by atoms with Gasteiger partial charge in [0.2, 0.25) is 11.8 Å². The normalized spacial score (nSPS) is 20.4. The molecule has 5 amide bonds. The monoisotopic (exact) mass is 767 g/mol. The molecule has 14 nitrogen and oxygen atoms in total. The highest BCUT2D eigenvalue weighted by Gasteiger charge is 2.46. The minimum Gasteiger partial charge on any atom is -0.371 e. The topological polar surface area (TPSA) is 166 Å². The Morgan fingerprint density at radius 1 is 0.895 bits per heavy atom. The lowest BCUT2D eigenvalue weighted by atomic mass is 9.91. The third kappa shape index (κ3) is 7.09. The number of pyridine rings is 1. The zero-order chi connectivity index (χ0) is 39.2. The second kappa shape index (κ2) is 15.1. The van der Waals surface area contributed by atoms with Crippen molar-refractivity contribution >= 4 is 51.9 Å². The molecular weight excluding hydrogens is 723 g/mol. The Balaban J connectivity index is 0.771. The fourth-order valence-electron chi connectivity index (χ4n) is 9.03. The van der Waals surface area contributed by atoms with Crippen LogP contribution in [0, 0.1) is 5.92 Å². The van der Waals surface area contributed by atoms with Crippen molar-refractivity contribution in [2.45, 2.75) is 70.0 Å². The van der Waals surface area contributed by atoms with Gasteiger partial charge in [0.25, 0.3) is 17.7 Å². The van der Waals surface area contributed by atoms with E-state index in [1.165, 1.54) is 12.1 Å². The van der Waals surface area contributed by atoms with E-state index in [-0.39, 0.29) is 18.7 Å². The van der Waals surface area contributed by atoms with Crippen LogP contribution in [0.15, 0.2) is 73.2 Å². The summed E-state index contributed by atoms with van der Waals surface area (Å²) in [6, 6.07) is 16.3. The molecule has 3 aromatic heterocycles. The van der Waals surface area contributed by atoms with Gasteiger partial charge in [-0.05, 0) is 100 Å². The van der Waals surface area contributed by atoms with Gasteiger partial charge < -0.3 is 15.2 Å². The number of rotatable bonds is 10. The lowest BCUT2D eigenvalue weighted by Gasteiger charge is -2.34. The number of aromatic amines is 1. The number of anilines is 2. The summed E-state index contributed by atoms with van der Waals surface area (Å²) < 4.78 is 1.95. The van der Waals surface area contributed by atoms with E-state index >= 15 is 0 Å². The van der Waals surface area contributed by atoms with E-state index in [4.69, 9.17) is 0 Å². The van der Waals surface area contributed by atoms with Crippen LogP contribution in [-0.4, -0.2) is 91.8 Å². The number of fused-ring (bicyclic) bond motifs is 2. The molecule has 9 rings (SSSR count). The van der Waals surface area contributed by atoms with Crippen LogP contribution in [0.25, 0.3) is 22.0 Å². The maximum absolute atomic E-state index is 13.6. The average molecular weight is 768 g/mol. The highest BCUT2D eigenvalue weighted by atomic mass is 16.2. The van der Waals surface area contributed by atoms with Gasteiger partial charge >= 0.3 is 0 Å². The van der Waals surface area contributed by atoms with E-state index in [1.807, 2.05) is 47.4 Å². The van der Waals surface area contributed by atoms with Crippen molar-refractivity contribution < 1.29 is 24.0 Å². The van der Waals surface area contributed by atoms with Crippen LogP contribution in [0.4, 0.5) is 11.5 Å². The summed E-state index contributed by atoms with van der Waals surface area (Å²) in [5.41, 5.74) is 5.90. The van der Waals surface area contributed by atoms with Crippen molar-refractivity contribution in [3.63, 3.8) is 0 Å². The minimum atomic E-state index is -0.983. The number of H-pyrrole nitrogens is 1. The molecule has 5 aromatic rings. The number of carbonyl (C=O) groups is 5. The van der Waals surface area contributed by atoms with E-state index < -0.39 is 29.7 Å². The number of amides is 5. The van der Waals surface area contributed by atoms with Crippen molar-refractivity contribution in [2.24, 2.45) is 5.92 Å². The Labute approximate surface area is 329 Å². The molecule has 3 N–H and O–H groups in total. The van der Waals surface area contributed by atoms with Crippen molar-refractivity contribution in [3.05, 3.63) is 95.6 Å². The maximum atomic E-state index is 13.6. The average Bonchev–Trinajstić information content (AvgIpc) is 4.02. The number of benzene rings is 2. The molecule has 2 aromatic carbocycles. The molecule has 0 radical (unpaired) electrons. The standard InChI is InChI=1S/C43H45N9O5/c1-49-16-5-11-34(49)33-21-29-23-44-37(22-32(29)46-33)47-40(54)28-8-2-7-27(20-28)30-24-45-51(25-30)17-4-6-26-14-18-50(19-15-26)35-10-3-9-31-39(35)43(57)52(42(31)56)36-12-13-38(53)48-41(36)55/h2-3,7-10,20-26,34,36,46H,4-6,11-19H2,1H3,(H,44,47,54)(H,48,53,55)/t34-,36?/m1/s1. The van der Waals surface area contributed by atoms with E-state index in [0.29, 0.717) is 34.5 Å². The summed E-state index contributed by atoms with van der Waals surface area (Å²) >= 11 is 0. The molecule has 292 valence electrons. The van der Waals surface area contributed by atoms with Gasteiger partial charge in [0.15, 0.2) is 0 Å². The van der Waals surface area contributed by atoms with E-state index in [0.717, 1.165) is 90.9 Å². The minimum absolute atomic E-state index is 0.0885. The van der Waals surface area contributed by atoms with Gasteiger partial charge in [0.1, 0.15) is 11.9 Å². The number of piperidine rings is 2. The van der Waals surface area contributed by atoms with Gasteiger partial charge in [-0.3, -0.25) is 43.8 Å². The molecule has 0 spiro atoms. The summed E-state index contributed by atoms with van der Waals surface area (Å²) in [6.07, 6.45) is 12.1. The molecule has 2 atom stereocenters. The van der Waals surface area contributed by atoms with Crippen molar-refractivity contribution in [2.75, 3.05) is 36.9 Å². The molecule has 3 fully saturated rings. The number of likely N-dealkylation sites (tertiary alicyclic amines) is 1. The molecule has 0 aliphatic carbocycles. The highest BCUT2D eigenvalue weighted by Crippen LogP contribution is 2.37. The molecule has 4 aliphatic rings. The third-order valence-electron chi connectivity index (χ3n) is 12.1. The Bertz CT molecular complexity index is 2410. The van der Waals surface area contributed by atoms with Crippen LogP contribution in [0.1, 0.15) is 94.2 Å². The Hall–Kier alpha value is -6.15. The number of nitrogens with one attached hydrogen (secondary N) is 3. The molecule has 14 heteroatoms. The van der Waals surface area contributed by atoms with Gasteiger partial charge in [-0.2, -0.15) is 5.10 Å². The summed E-state index contributed by atoms with van der Waals surface area (Å²) in [5, 5.41) is 10.9. The van der Waals surface area contributed by atoms with Gasteiger partial charge in [-0.25, -0.2) is 4.98 Å². The fraction of sp³-hybridized carbons (Fsp3) is 0.372. The number of imide groups is 2. The molecule has 1 unspecified atom stereocenters. The van der Waals surface area contributed by atoms with Crippen molar-refractivity contribution in [3.8, 4) is 11.1 Å². The number of hydrogen-bond acceptors (Lipinski definition) is 9. The number of hydrogen-bond donors (Lipinski definition) is 3. The number of aryl methyl sites for hydroxylation is 1. The van der Waals surface area contributed by atoms with E-state index in [9.17, 15) is 24.0 Å². The number of carbonyl (C=O) groups excluding carboxylic acids is 5. The quantitative estimate of drug-likeness (QED) is 0.155. The van der Waals surface area contributed by atoms with Gasteiger partial charge in [0.05, 0.1) is 28.5 Å².